The van der Waals surface area contributed by atoms with E-state index in [1.807, 2.05) is 30.3 Å². The molecule has 5 rings (SSSR count). The van der Waals surface area contributed by atoms with Gasteiger partial charge in [0.15, 0.2) is 0 Å². The van der Waals surface area contributed by atoms with Crippen molar-refractivity contribution in [2.45, 2.75) is 39.2 Å². The lowest BCUT2D eigenvalue weighted by Gasteiger charge is -2.18. The fourth-order valence-corrected chi connectivity index (χ4v) is 4.85. The van der Waals surface area contributed by atoms with Gasteiger partial charge >= 0.3 is 0 Å². The van der Waals surface area contributed by atoms with Crippen LogP contribution in [0, 0.1) is 19.7 Å². The van der Waals surface area contributed by atoms with Crippen molar-refractivity contribution in [3.8, 4) is 5.75 Å². The highest BCUT2D eigenvalue weighted by atomic mass is 19.1. The lowest BCUT2D eigenvalue weighted by atomic mass is 10.1. The number of anilines is 1. The molecule has 3 aromatic carbocycles. The summed E-state index contributed by atoms with van der Waals surface area (Å²) in [6, 6.07) is 20.7. The molecule has 1 aromatic heterocycles. The van der Waals surface area contributed by atoms with Gasteiger partial charge in [0.25, 0.3) is 0 Å². The van der Waals surface area contributed by atoms with Crippen LogP contribution in [0.3, 0.4) is 0 Å². The summed E-state index contributed by atoms with van der Waals surface area (Å²) in [5.41, 5.74) is 4.65. The molecule has 0 N–H and O–H groups in total. The molecule has 0 aliphatic carbocycles. The molecule has 1 saturated heterocycles. The predicted octanol–water partition coefficient (Wildman–Crippen LogP) is 5.78. The number of rotatable bonds is 7. The van der Waals surface area contributed by atoms with Crippen molar-refractivity contribution in [2.75, 3.05) is 18.1 Å². The largest absolute Gasteiger partial charge is 0.494 e. The molecule has 4 aromatic rings. The second kappa shape index (κ2) is 9.29. The number of ether oxygens (including phenoxy) is 1. The summed E-state index contributed by atoms with van der Waals surface area (Å²) >= 11 is 0. The van der Waals surface area contributed by atoms with Crippen LogP contribution in [0.4, 0.5) is 10.1 Å². The zero-order chi connectivity index (χ0) is 23.7. The number of imidazole rings is 1. The first-order valence-electron chi connectivity index (χ1n) is 11.7. The van der Waals surface area contributed by atoms with Gasteiger partial charge in [-0.2, -0.15) is 0 Å². The summed E-state index contributed by atoms with van der Waals surface area (Å²) in [5.74, 6) is 1.20. The van der Waals surface area contributed by atoms with Crippen LogP contribution in [0.15, 0.2) is 66.7 Å². The van der Waals surface area contributed by atoms with Crippen LogP contribution < -0.4 is 9.64 Å². The highest BCUT2D eigenvalue weighted by Crippen LogP contribution is 2.34. The van der Waals surface area contributed by atoms with E-state index in [1.165, 1.54) is 17.2 Å². The monoisotopic (exact) mass is 457 g/mol. The Labute approximate surface area is 198 Å². The van der Waals surface area contributed by atoms with E-state index in [0.717, 1.165) is 35.6 Å². The maximum Gasteiger partial charge on any atom is 0.227 e. The third-order valence-corrected chi connectivity index (χ3v) is 6.31. The molecule has 0 bridgehead atoms. The van der Waals surface area contributed by atoms with Gasteiger partial charge in [-0.15, -0.1) is 0 Å². The van der Waals surface area contributed by atoms with Crippen molar-refractivity contribution in [1.29, 1.82) is 0 Å². The predicted molar refractivity (Wildman–Crippen MR) is 132 cm³/mol. The van der Waals surface area contributed by atoms with E-state index in [-0.39, 0.29) is 17.6 Å². The zero-order valence-corrected chi connectivity index (χ0v) is 19.5. The van der Waals surface area contributed by atoms with E-state index < -0.39 is 0 Å². The Kier molecular flexibility index (Phi) is 6.05. The Hall–Kier alpha value is -3.67. The fraction of sp³-hybridized carbons (Fsp3) is 0.286. The molecular formula is C28H28FN3O2. The van der Waals surface area contributed by atoms with E-state index in [0.29, 0.717) is 25.3 Å². The van der Waals surface area contributed by atoms with Crippen molar-refractivity contribution < 1.29 is 13.9 Å². The second-order valence-electron chi connectivity index (χ2n) is 8.99. The molecule has 34 heavy (non-hydrogen) atoms. The molecule has 5 nitrogen and oxygen atoms in total. The quantitative estimate of drug-likeness (QED) is 0.331. The van der Waals surface area contributed by atoms with Gasteiger partial charge in [-0.3, -0.25) is 4.79 Å². The van der Waals surface area contributed by atoms with Crippen LogP contribution in [0.1, 0.15) is 35.7 Å². The average molecular weight is 458 g/mol. The van der Waals surface area contributed by atoms with E-state index in [9.17, 15) is 9.18 Å². The number of nitrogens with zero attached hydrogens (tertiary/aromatic N) is 3. The number of amides is 1. The third kappa shape index (κ3) is 4.40. The van der Waals surface area contributed by atoms with Gasteiger partial charge in [0, 0.05) is 25.4 Å². The van der Waals surface area contributed by atoms with Crippen molar-refractivity contribution in [1.82, 2.24) is 9.55 Å². The number of aryl methyl sites for hydroxylation is 3. The maximum atomic E-state index is 14.4. The molecule has 0 saturated carbocycles. The number of carbonyl (C=O) groups is 1. The van der Waals surface area contributed by atoms with E-state index in [2.05, 4.69) is 30.5 Å². The number of halogens is 1. The Bertz CT molecular complexity index is 1330. The summed E-state index contributed by atoms with van der Waals surface area (Å²) in [4.78, 5) is 19.2. The minimum atomic E-state index is -0.381. The molecule has 1 unspecified atom stereocenters. The number of hydrogen-bond donors (Lipinski definition) is 0. The first kappa shape index (κ1) is 22.1. The molecular weight excluding hydrogens is 429 g/mol. The van der Waals surface area contributed by atoms with Gasteiger partial charge in [0.05, 0.1) is 23.3 Å². The maximum absolute atomic E-state index is 14.4. The third-order valence-electron chi connectivity index (χ3n) is 6.31. The highest BCUT2D eigenvalue weighted by Gasteiger charge is 2.35. The summed E-state index contributed by atoms with van der Waals surface area (Å²) in [5, 5.41) is 0. The number of fused-ring (bicyclic) bond motifs is 1. The number of aromatic nitrogens is 2. The van der Waals surface area contributed by atoms with Crippen molar-refractivity contribution in [3.63, 3.8) is 0 Å². The van der Waals surface area contributed by atoms with Crippen molar-refractivity contribution >= 4 is 22.6 Å². The van der Waals surface area contributed by atoms with Gasteiger partial charge in [-0.1, -0.05) is 30.3 Å². The summed E-state index contributed by atoms with van der Waals surface area (Å²) < 4.78 is 22.6. The van der Waals surface area contributed by atoms with E-state index in [1.54, 1.807) is 23.1 Å². The summed E-state index contributed by atoms with van der Waals surface area (Å²) in [6.45, 7) is 5.86. The average Bonchev–Trinajstić information content (AvgIpc) is 3.37. The number of carbonyl (C=O) groups excluding carboxylic acids is 1. The number of hydrogen-bond acceptors (Lipinski definition) is 3. The van der Waals surface area contributed by atoms with Gasteiger partial charge in [-0.05, 0) is 67.8 Å². The Morgan fingerprint density at radius 2 is 1.76 bits per heavy atom. The molecule has 1 fully saturated rings. The number of benzene rings is 3. The zero-order valence-electron chi connectivity index (χ0n) is 19.5. The first-order chi connectivity index (χ1) is 16.5. The molecule has 6 heteroatoms. The normalized spacial score (nSPS) is 15.9. The van der Waals surface area contributed by atoms with Gasteiger partial charge in [0.2, 0.25) is 5.91 Å². The van der Waals surface area contributed by atoms with E-state index in [4.69, 9.17) is 9.72 Å². The topological polar surface area (TPSA) is 47.4 Å². The van der Waals surface area contributed by atoms with Crippen molar-refractivity contribution in [3.05, 3.63) is 89.5 Å². The smallest absolute Gasteiger partial charge is 0.227 e. The number of para-hydroxylation sites is 3. The van der Waals surface area contributed by atoms with Gasteiger partial charge < -0.3 is 14.2 Å². The minimum absolute atomic E-state index is 0.0770. The van der Waals surface area contributed by atoms with Crippen LogP contribution >= 0.6 is 0 Å². The van der Waals surface area contributed by atoms with Crippen LogP contribution in [0.5, 0.6) is 5.75 Å². The molecule has 1 aliphatic heterocycles. The highest BCUT2D eigenvalue weighted by molar-refractivity contribution is 5.96. The van der Waals surface area contributed by atoms with Gasteiger partial charge in [0.1, 0.15) is 17.4 Å². The van der Waals surface area contributed by atoms with E-state index >= 15 is 0 Å². The lowest BCUT2D eigenvalue weighted by Crippen LogP contribution is -2.25. The molecule has 2 heterocycles. The molecule has 1 aliphatic rings. The Morgan fingerprint density at radius 1 is 1.03 bits per heavy atom. The first-order valence-corrected chi connectivity index (χ1v) is 11.7. The van der Waals surface area contributed by atoms with Crippen LogP contribution in [-0.2, 0) is 11.3 Å². The SMILES string of the molecule is Cc1cc(C)cc(OCCCn2c(C3CC(=O)N(c4ccccc4F)C3)nc3ccccc32)c1. The fourth-order valence-electron chi connectivity index (χ4n) is 4.85. The summed E-state index contributed by atoms with van der Waals surface area (Å²) in [7, 11) is 0. The van der Waals surface area contributed by atoms with Crippen LogP contribution in [0.25, 0.3) is 11.0 Å². The molecule has 0 spiro atoms. The van der Waals surface area contributed by atoms with Crippen LogP contribution in [0.2, 0.25) is 0 Å². The minimum Gasteiger partial charge on any atom is -0.494 e. The molecule has 0 radical (unpaired) electrons. The lowest BCUT2D eigenvalue weighted by molar-refractivity contribution is -0.117. The summed E-state index contributed by atoms with van der Waals surface area (Å²) in [6.07, 6.45) is 1.12. The van der Waals surface area contributed by atoms with Crippen LogP contribution in [-0.4, -0.2) is 28.6 Å². The molecule has 174 valence electrons. The van der Waals surface area contributed by atoms with Gasteiger partial charge in [-0.25, -0.2) is 9.37 Å². The molecule has 1 atom stereocenters. The second-order valence-corrected chi connectivity index (χ2v) is 8.99. The Balaban J connectivity index is 1.35. The van der Waals surface area contributed by atoms with Crippen molar-refractivity contribution in [2.24, 2.45) is 0 Å². The Morgan fingerprint density at radius 3 is 2.56 bits per heavy atom. The standard InChI is InChI=1S/C28H28FN3O2/c1-19-14-20(2)16-22(15-19)34-13-7-12-31-26-11-6-4-9-24(26)30-28(31)21-17-27(33)32(18-21)25-10-5-3-8-23(25)29/h3-6,8-11,14-16,21H,7,12-13,17-18H2,1-2H3. The molecule has 1 amide bonds.